The maximum absolute atomic E-state index is 12.3. The number of nitrogens with zero attached hydrogens (tertiary/aromatic N) is 3. The number of ether oxygens (including phenoxy) is 1. The Bertz CT molecular complexity index is 663. The second-order valence-corrected chi connectivity index (χ2v) is 5.41. The van der Waals surface area contributed by atoms with E-state index in [1.165, 1.54) is 22.7 Å². The number of hydrogen-bond donors (Lipinski definition) is 1. The zero-order chi connectivity index (χ0) is 15.7. The summed E-state index contributed by atoms with van der Waals surface area (Å²) in [7, 11) is 4.59. The first kappa shape index (κ1) is 15.5. The quantitative estimate of drug-likeness (QED) is 0.696. The van der Waals surface area contributed by atoms with Crippen LogP contribution in [0.4, 0.5) is 0 Å². The number of amides is 1. The number of nitrogens with two attached hydrogens (primary N) is 1. The normalized spacial score (nSPS) is 21.5. The molecular formula is C13H20N4O4. The highest BCUT2D eigenvalue weighted by Gasteiger charge is 2.33. The topological polar surface area (TPSA) is 99.6 Å². The Kier molecular flexibility index (Phi) is 4.29. The predicted molar refractivity (Wildman–Crippen MR) is 75.7 cm³/mol. The van der Waals surface area contributed by atoms with Gasteiger partial charge < -0.3 is 19.9 Å². The molecule has 2 unspecified atom stereocenters. The van der Waals surface area contributed by atoms with Crippen molar-refractivity contribution in [3.8, 4) is 0 Å². The Morgan fingerprint density at radius 3 is 2.67 bits per heavy atom. The molecule has 1 aromatic heterocycles. The van der Waals surface area contributed by atoms with Gasteiger partial charge in [0.2, 0.25) is 5.91 Å². The molecule has 8 heteroatoms. The Hall–Kier alpha value is -1.93. The highest BCUT2D eigenvalue weighted by atomic mass is 16.5. The lowest BCUT2D eigenvalue weighted by molar-refractivity contribution is -0.135. The maximum Gasteiger partial charge on any atom is 0.330 e. The minimum Gasteiger partial charge on any atom is -0.379 e. The van der Waals surface area contributed by atoms with Gasteiger partial charge in [0.1, 0.15) is 0 Å². The SMILES string of the molecule is CN(Cc1cn(C)c(=O)n(C)c1=O)C(=O)C1COCC1N. The summed E-state index contributed by atoms with van der Waals surface area (Å²) < 4.78 is 7.53. The number of carbonyl (C=O) groups is 1. The molecule has 2 heterocycles. The van der Waals surface area contributed by atoms with Crippen molar-refractivity contribution in [2.75, 3.05) is 20.3 Å². The zero-order valence-electron chi connectivity index (χ0n) is 12.4. The first-order valence-electron chi connectivity index (χ1n) is 6.66. The molecule has 1 fully saturated rings. The summed E-state index contributed by atoms with van der Waals surface area (Å²) in [6.45, 7) is 0.796. The molecule has 0 aromatic carbocycles. The summed E-state index contributed by atoms with van der Waals surface area (Å²) in [5, 5.41) is 0. The first-order chi connectivity index (χ1) is 9.82. The summed E-state index contributed by atoms with van der Waals surface area (Å²) >= 11 is 0. The molecular weight excluding hydrogens is 276 g/mol. The van der Waals surface area contributed by atoms with Crippen LogP contribution in [0.2, 0.25) is 0 Å². The molecule has 1 aliphatic heterocycles. The smallest absolute Gasteiger partial charge is 0.330 e. The molecule has 1 aliphatic rings. The van der Waals surface area contributed by atoms with Crippen LogP contribution in [0.15, 0.2) is 15.8 Å². The van der Waals surface area contributed by atoms with Crippen molar-refractivity contribution in [2.24, 2.45) is 25.7 Å². The number of aromatic nitrogens is 2. The van der Waals surface area contributed by atoms with Crippen LogP contribution in [0.5, 0.6) is 0 Å². The minimum absolute atomic E-state index is 0.128. The van der Waals surface area contributed by atoms with Crippen LogP contribution < -0.4 is 17.0 Å². The molecule has 0 saturated carbocycles. The van der Waals surface area contributed by atoms with Crippen molar-refractivity contribution in [1.82, 2.24) is 14.0 Å². The standard InChI is InChI=1S/C13H20N4O4/c1-15(12(19)9-6-21-7-10(9)14)4-8-5-16(2)13(20)17(3)11(8)18/h5,9-10H,4,6-7,14H2,1-3H3. The second-order valence-electron chi connectivity index (χ2n) is 5.41. The third-order valence-electron chi connectivity index (χ3n) is 3.74. The van der Waals surface area contributed by atoms with Gasteiger partial charge in [0.05, 0.1) is 31.2 Å². The molecule has 0 bridgehead atoms. The average molecular weight is 296 g/mol. The Morgan fingerprint density at radius 2 is 2.10 bits per heavy atom. The van der Waals surface area contributed by atoms with Crippen molar-refractivity contribution in [3.05, 3.63) is 32.6 Å². The van der Waals surface area contributed by atoms with Crippen LogP contribution >= 0.6 is 0 Å². The monoisotopic (exact) mass is 296 g/mol. The van der Waals surface area contributed by atoms with E-state index < -0.39 is 11.2 Å². The van der Waals surface area contributed by atoms with E-state index in [9.17, 15) is 14.4 Å². The zero-order valence-corrected chi connectivity index (χ0v) is 12.4. The second kappa shape index (κ2) is 5.82. The molecule has 116 valence electrons. The molecule has 2 rings (SSSR count). The molecule has 1 aromatic rings. The van der Waals surface area contributed by atoms with Gasteiger partial charge in [-0.25, -0.2) is 4.79 Å². The highest BCUT2D eigenvalue weighted by Crippen LogP contribution is 2.15. The summed E-state index contributed by atoms with van der Waals surface area (Å²) in [6, 6.07) is -0.317. The van der Waals surface area contributed by atoms with Gasteiger partial charge in [-0.1, -0.05) is 0 Å². The lowest BCUT2D eigenvalue weighted by Gasteiger charge is -2.22. The lowest BCUT2D eigenvalue weighted by atomic mass is 10.0. The number of carbonyl (C=O) groups excluding carboxylic acids is 1. The van der Waals surface area contributed by atoms with E-state index in [4.69, 9.17) is 10.5 Å². The van der Waals surface area contributed by atoms with Crippen LogP contribution in [0.25, 0.3) is 0 Å². The number of hydrogen-bond acceptors (Lipinski definition) is 5. The molecule has 8 nitrogen and oxygen atoms in total. The van der Waals surface area contributed by atoms with Crippen molar-refractivity contribution < 1.29 is 9.53 Å². The van der Waals surface area contributed by atoms with E-state index in [2.05, 4.69) is 0 Å². The molecule has 21 heavy (non-hydrogen) atoms. The Morgan fingerprint density at radius 1 is 1.43 bits per heavy atom. The highest BCUT2D eigenvalue weighted by molar-refractivity contribution is 5.79. The largest absolute Gasteiger partial charge is 0.379 e. The third kappa shape index (κ3) is 2.91. The molecule has 1 amide bonds. The minimum atomic E-state index is -0.399. The van der Waals surface area contributed by atoms with Crippen LogP contribution in [0.3, 0.4) is 0 Å². The van der Waals surface area contributed by atoms with Gasteiger partial charge in [-0.05, 0) is 0 Å². The van der Waals surface area contributed by atoms with Gasteiger partial charge >= 0.3 is 5.69 Å². The fourth-order valence-corrected chi connectivity index (χ4v) is 2.43. The molecule has 1 saturated heterocycles. The molecule has 0 spiro atoms. The van der Waals surface area contributed by atoms with Gasteiger partial charge in [0.25, 0.3) is 5.56 Å². The fourth-order valence-electron chi connectivity index (χ4n) is 2.43. The third-order valence-corrected chi connectivity index (χ3v) is 3.74. The van der Waals surface area contributed by atoms with E-state index in [1.807, 2.05) is 0 Å². The van der Waals surface area contributed by atoms with Crippen LogP contribution in [0, 0.1) is 5.92 Å². The van der Waals surface area contributed by atoms with Crippen molar-refractivity contribution in [2.45, 2.75) is 12.6 Å². The van der Waals surface area contributed by atoms with Crippen LogP contribution in [-0.2, 0) is 30.2 Å². The van der Waals surface area contributed by atoms with Gasteiger partial charge in [0, 0.05) is 33.4 Å². The molecule has 0 aliphatic carbocycles. The van der Waals surface area contributed by atoms with E-state index in [1.54, 1.807) is 14.1 Å². The summed E-state index contributed by atoms with van der Waals surface area (Å²) in [4.78, 5) is 37.4. The van der Waals surface area contributed by atoms with E-state index in [0.29, 0.717) is 18.8 Å². The maximum atomic E-state index is 12.3. The van der Waals surface area contributed by atoms with E-state index in [0.717, 1.165) is 4.57 Å². The summed E-state index contributed by atoms with van der Waals surface area (Å²) in [5.41, 5.74) is 5.41. The predicted octanol–water partition coefficient (Wildman–Crippen LogP) is -1.98. The van der Waals surface area contributed by atoms with Crippen LogP contribution in [0.1, 0.15) is 5.56 Å². The number of rotatable bonds is 3. The Balaban J connectivity index is 2.20. The van der Waals surface area contributed by atoms with Crippen molar-refractivity contribution >= 4 is 5.91 Å². The number of aryl methyl sites for hydroxylation is 1. The van der Waals surface area contributed by atoms with Gasteiger partial charge in [-0.15, -0.1) is 0 Å². The van der Waals surface area contributed by atoms with E-state index >= 15 is 0 Å². The first-order valence-corrected chi connectivity index (χ1v) is 6.66. The van der Waals surface area contributed by atoms with Gasteiger partial charge in [-0.3, -0.25) is 14.2 Å². The van der Waals surface area contributed by atoms with E-state index in [-0.39, 0.29) is 24.4 Å². The molecule has 2 N–H and O–H groups in total. The van der Waals surface area contributed by atoms with Crippen molar-refractivity contribution in [1.29, 1.82) is 0 Å². The summed E-state index contributed by atoms with van der Waals surface area (Å²) in [6.07, 6.45) is 1.46. The molecule has 0 radical (unpaired) electrons. The molecule has 2 atom stereocenters. The summed E-state index contributed by atoms with van der Waals surface area (Å²) in [5.74, 6) is -0.540. The lowest BCUT2D eigenvalue weighted by Crippen LogP contribution is -2.44. The van der Waals surface area contributed by atoms with Crippen LogP contribution in [-0.4, -0.2) is 46.2 Å². The average Bonchev–Trinajstić information content (AvgIpc) is 2.87. The fraction of sp³-hybridized carbons (Fsp3) is 0.615. The Labute approximate surface area is 121 Å². The van der Waals surface area contributed by atoms with Crippen molar-refractivity contribution in [3.63, 3.8) is 0 Å². The van der Waals surface area contributed by atoms with Gasteiger partial charge in [0.15, 0.2) is 0 Å². The van der Waals surface area contributed by atoms with Gasteiger partial charge in [-0.2, -0.15) is 0 Å².